The summed E-state index contributed by atoms with van der Waals surface area (Å²) in [6, 6.07) is 0. The van der Waals surface area contributed by atoms with E-state index in [9.17, 15) is 9.90 Å². The maximum atomic E-state index is 11.2. The Bertz CT molecular complexity index is 171. The van der Waals surface area contributed by atoms with E-state index in [1.807, 2.05) is 20.8 Å². The van der Waals surface area contributed by atoms with Crippen molar-refractivity contribution in [3.05, 3.63) is 0 Å². The van der Waals surface area contributed by atoms with Crippen LogP contribution in [0.4, 0.5) is 0 Å². The Morgan fingerprint density at radius 1 is 1.21 bits per heavy atom. The number of unbranched alkanes of at least 4 members (excludes halogenated alkanes) is 1. The predicted molar refractivity (Wildman–Crippen MR) is 57.4 cm³/mol. The third kappa shape index (κ3) is 2.73. The lowest BCUT2D eigenvalue weighted by atomic mass is 9.70. The average Bonchev–Trinajstić information content (AvgIpc) is 2.17. The first-order valence-electron chi connectivity index (χ1n) is 5.76. The molecule has 2 heteroatoms. The quantitative estimate of drug-likeness (QED) is 0.617. The van der Waals surface area contributed by atoms with Crippen LogP contribution in [-0.4, -0.2) is 5.97 Å². The van der Waals surface area contributed by atoms with Crippen LogP contribution in [0.25, 0.3) is 0 Å². The van der Waals surface area contributed by atoms with Gasteiger partial charge >= 0.3 is 5.97 Å². The zero-order valence-corrected chi connectivity index (χ0v) is 9.93. The van der Waals surface area contributed by atoms with Gasteiger partial charge in [0.2, 0.25) is 0 Å². The Balaban J connectivity index is 4.53. The largest absolute Gasteiger partial charge is 0.361 e. The molecular formula is C12H23O2. The summed E-state index contributed by atoms with van der Waals surface area (Å²) in [5.41, 5.74) is -0.602. The molecule has 0 aliphatic rings. The molecule has 0 saturated heterocycles. The minimum absolute atomic E-state index is 0.224. The van der Waals surface area contributed by atoms with Crippen molar-refractivity contribution in [2.24, 2.45) is 11.3 Å². The molecule has 0 aliphatic carbocycles. The van der Waals surface area contributed by atoms with E-state index in [-0.39, 0.29) is 5.92 Å². The first kappa shape index (κ1) is 13.5. The molecule has 0 aromatic carbocycles. The van der Waals surface area contributed by atoms with Crippen molar-refractivity contribution >= 4 is 5.97 Å². The zero-order valence-electron chi connectivity index (χ0n) is 9.93. The van der Waals surface area contributed by atoms with Gasteiger partial charge in [-0.3, -0.25) is 0 Å². The van der Waals surface area contributed by atoms with Gasteiger partial charge in [0.15, 0.2) is 0 Å². The van der Waals surface area contributed by atoms with Crippen molar-refractivity contribution in [3.63, 3.8) is 0 Å². The van der Waals surface area contributed by atoms with Crippen LogP contribution in [-0.2, 0) is 9.90 Å². The fraction of sp³-hybridized carbons (Fsp3) is 0.917. The third-order valence-corrected chi connectivity index (χ3v) is 3.60. The van der Waals surface area contributed by atoms with Gasteiger partial charge in [-0.2, -0.15) is 0 Å². The van der Waals surface area contributed by atoms with Crippen LogP contribution in [0.2, 0.25) is 0 Å². The van der Waals surface area contributed by atoms with Crippen molar-refractivity contribution in [3.8, 4) is 0 Å². The van der Waals surface area contributed by atoms with E-state index < -0.39 is 11.4 Å². The van der Waals surface area contributed by atoms with Crippen LogP contribution >= 0.6 is 0 Å². The van der Waals surface area contributed by atoms with Gasteiger partial charge in [0.1, 0.15) is 0 Å². The Labute approximate surface area is 87.7 Å². The van der Waals surface area contributed by atoms with Gasteiger partial charge in [0.05, 0.1) is 5.41 Å². The SMILES string of the molecule is CCCCC(C)C(CC)(CC)C([O])=O. The Hall–Kier alpha value is -0.530. The molecule has 0 N–H and O–H groups in total. The van der Waals surface area contributed by atoms with Crippen molar-refractivity contribution in [2.75, 3.05) is 0 Å². The molecule has 1 atom stereocenters. The molecule has 0 aromatic rings. The van der Waals surface area contributed by atoms with E-state index in [0.717, 1.165) is 19.3 Å². The van der Waals surface area contributed by atoms with Gasteiger partial charge in [-0.05, 0) is 25.2 Å². The molecule has 2 nitrogen and oxygen atoms in total. The van der Waals surface area contributed by atoms with Crippen molar-refractivity contribution in [1.29, 1.82) is 0 Å². The lowest BCUT2D eigenvalue weighted by molar-refractivity contribution is -0.160. The molecule has 0 fully saturated rings. The third-order valence-electron chi connectivity index (χ3n) is 3.60. The Kier molecular flexibility index (Phi) is 5.82. The summed E-state index contributed by atoms with van der Waals surface area (Å²) in [4.78, 5) is 11.2. The first-order chi connectivity index (χ1) is 6.55. The highest BCUT2D eigenvalue weighted by Gasteiger charge is 2.41. The maximum absolute atomic E-state index is 11.2. The van der Waals surface area contributed by atoms with Crippen LogP contribution in [0.1, 0.15) is 59.8 Å². The van der Waals surface area contributed by atoms with Crippen LogP contribution in [0, 0.1) is 11.3 Å². The second-order valence-corrected chi connectivity index (χ2v) is 4.19. The normalized spacial score (nSPS) is 14.0. The fourth-order valence-electron chi connectivity index (χ4n) is 2.22. The summed E-state index contributed by atoms with van der Waals surface area (Å²) >= 11 is 0. The van der Waals surface area contributed by atoms with Gasteiger partial charge in [0.25, 0.3) is 0 Å². The van der Waals surface area contributed by atoms with E-state index in [0.29, 0.717) is 12.8 Å². The molecule has 0 amide bonds. The molecule has 0 saturated carbocycles. The lowest BCUT2D eigenvalue weighted by Gasteiger charge is -2.32. The molecular weight excluding hydrogens is 176 g/mol. The fourth-order valence-corrected chi connectivity index (χ4v) is 2.22. The standard InChI is InChI=1S/C12H23O2/c1-5-8-9-10(4)12(6-2,7-3)11(13)14/h10H,5-9H2,1-4H3. The molecule has 14 heavy (non-hydrogen) atoms. The predicted octanol–water partition coefficient (Wildman–Crippen LogP) is 3.58. The zero-order chi connectivity index (χ0) is 11.2. The molecule has 0 aliphatic heterocycles. The van der Waals surface area contributed by atoms with Gasteiger partial charge in [0, 0.05) is 0 Å². The average molecular weight is 199 g/mol. The molecule has 1 unspecified atom stereocenters. The van der Waals surface area contributed by atoms with Crippen LogP contribution < -0.4 is 0 Å². The summed E-state index contributed by atoms with van der Waals surface area (Å²) in [5, 5.41) is 11.2. The molecule has 0 heterocycles. The summed E-state index contributed by atoms with van der Waals surface area (Å²) in [7, 11) is 0. The summed E-state index contributed by atoms with van der Waals surface area (Å²) < 4.78 is 0. The van der Waals surface area contributed by atoms with Crippen molar-refractivity contribution in [1.82, 2.24) is 0 Å². The Morgan fingerprint density at radius 2 is 1.71 bits per heavy atom. The monoisotopic (exact) mass is 199 g/mol. The van der Waals surface area contributed by atoms with E-state index >= 15 is 0 Å². The number of rotatable bonds is 7. The van der Waals surface area contributed by atoms with Crippen molar-refractivity contribution < 1.29 is 9.90 Å². The summed E-state index contributed by atoms with van der Waals surface area (Å²) in [5.74, 6) is -0.645. The molecule has 0 aromatic heterocycles. The number of hydrogen-bond acceptors (Lipinski definition) is 1. The lowest BCUT2D eigenvalue weighted by Crippen LogP contribution is -2.35. The minimum Gasteiger partial charge on any atom is -0.247 e. The molecule has 0 rings (SSSR count). The highest BCUT2D eigenvalue weighted by Crippen LogP contribution is 2.38. The molecule has 1 radical (unpaired) electrons. The van der Waals surface area contributed by atoms with E-state index in [1.165, 1.54) is 0 Å². The minimum atomic E-state index is -0.869. The van der Waals surface area contributed by atoms with Gasteiger partial charge in [-0.25, -0.2) is 9.90 Å². The molecule has 0 spiro atoms. The number of carbonyl (C=O) groups excluding carboxylic acids is 1. The highest BCUT2D eigenvalue weighted by molar-refractivity contribution is 5.74. The summed E-state index contributed by atoms with van der Waals surface area (Å²) in [6.07, 6.45) is 4.58. The van der Waals surface area contributed by atoms with E-state index in [4.69, 9.17) is 0 Å². The van der Waals surface area contributed by atoms with Crippen LogP contribution in [0.5, 0.6) is 0 Å². The molecule has 83 valence electrons. The van der Waals surface area contributed by atoms with E-state index in [2.05, 4.69) is 6.92 Å². The maximum Gasteiger partial charge on any atom is 0.361 e. The molecule has 0 bridgehead atoms. The number of hydrogen-bond donors (Lipinski definition) is 0. The van der Waals surface area contributed by atoms with Crippen molar-refractivity contribution in [2.45, 2.75) is 59.8 Å². The Morgan fingerprint density at radius 3 is 2.00 bits per heavy atom. The van der Waals surface area contributed by atoms with Crippen LogP contribution in [0.15, 0.2) is 0 Å². The topological polar surface area (TPSA) is 37.0 Å². The highest BCUT2D eigenvalue weighted by atomic mass is 16.4. The number of carbonyl (C=O) groups is 1. The van der Waals surface area contributed by atoms with Gasteiger partial charge in [-0.15, -0.1) is 0 Å². The van der Waals surface area contributed by atoms with E-state index in [1.54, 1.807) is 0 Å². The second kappa shape index (κ2) is 6.05. The smallest absolute Gasteiger partial charge is 0.247 e. The second-order valence-electron chi connectivity index (χ2n) is 4.19. The summed E-state index contributed by atoms with van der Waals surface area (Å²) in [6.45, 7) is 8.06. The van der Waals surface area contributed by atoms with Gasteiger partial charge < -0.3 is 0 Å². The van der Waals surface area contributed by atoms with Crippen LogP contribution in [0.3, 0.4) is 0 Å². The first-order valence-corrected chi connectivity index (χ1v) is 5.76. The van der Waals surface area contributed by atoms with Gasteiger partial charge in [-0.1, -0.05) is 40.5 Å².